The van der Waals surface area contributed by atoms with Crippen LogP contribution in [0.15, 0.2) is 41.8 Å². The van der Waals surface area contributed by atoms with Gasteiger partial charge in [0.05, 0.1) is 5.41 Å². The Balaban J connectivity index is 1.62. The molecule has 2 heterocycles. The van der Waals surface area contributed by atoms with Gasteiger partial charge >= 0.3 is 0 Å². The SMILES string of the molecule is CC(C)NC(=O)C1(Cc2ccccc2-c2cccs2)CCN(C(=O)C2CCC2)C1. The predicted molar refractivity (Wildman–Crippen MR) is 118 cm³/mol. The van der Waals surface area contributed by atoms with Crippen LogP contribution in [0.5, 0.6) is 0 Å². The topological polar surface area (TPSA) is 49.4 Å². The molecular formula is C24H30N2O2S. The van der Waals surface area contributed by atoms with Crippen LogP contribution in [0.4, 0.5) is 0 Å². The quantitative estimate of drug-likeness (QED) is 0.762. The van der Waals surface area contributed by atoms with Crippen LogP contribution in [0.25, 0.3) is 10.4 Å². The zero-order valence-electron chi connectivity index (χ0n) is 17.3. The van der Waals surface area contributed by atoms with Gasteiger partial charge in [0.1, 0.15) is 0 Å². The summed E-state index contributed by atoms with van der Waals surface area (Å²) in [5.41, 5.74) is 1.83. The number of amides is 2. The largest absolute Gasteiger partial charge is 0.353 e. The second kappa shape index (κ2) is 8.31. The van der Waals surface area contributed by atoms with Gasteiger partial charge in [-0.3, -0.25) is 9.59 Å². The molecule has 1 saturated heterocycles. The Hall–Kier alpha value is -2.14. The van der Waals surface area contributed by atoms with Crippen LogP contribution in [-0.4, -0.2) is 35.8 Å². The molecule has 0 radical (unpaired) electrons. The molecule has 154 valence electrons. The maximum Gasteiger partial charge on any atom is 0.228 e. The highest BCUT2D eigenvalue weighted by molar-refractivity contribution is 7.13. The highest BCUT2D eigenvalue weighted by atomic mass is 32.1. The smallest absolute Gasteiger partial charge is 0.228 e. The van der Waals surface area contributed by atoms with Crippen molar-refractivity contribution in [2.75, 3.05) is 13.1 Å². The molecule has 1 aromatic carbocycles. The molecule has 4 nitrogen and oxygen atoms in total. The van der Waals surface area contributed by atoms with Crippen molar-refractivity contribution in [1.82, 2.24) is 10.2 Å². The fraction of sp³-hybridized carbons (Fsp3) is 0.500. The van der Waals surface area contributed by atoms with E-state index >= 15 is 0 Å². The Morgan fingerprint density at radius 1 is 1.21 bits per heavy atom. The Labute approximate surface area is 177 Å². The van der Waals surface area contributed by atoms with Gasteiger partial charge in [-0.05, 0) is 62.1 Å². The molecule has 1 aliphatic carbocycles. The van der Waals surface area contributed by atoms with E-state index in [0.29, 0.717) is 19.5 Å². The van der Waals surface area contributed by atoms with Crippen molar-refractivity contribution in [1.29, 1.82) is 0 Å². The van der Waals surface area contributed by atoms with Crippen molar-refractivity contribution < 1.29 is 9.59 Å². The molecule has 1 saturated carbocycles. The van der Waals surface area contributed by atoms with E-state index in [2.05, 4.69) is 41.0 Å². The molecule has 1 unspecified atom stereocenters. The minimum atomic E-state index is -0.558. The van der Waals surface area contributed by atoms with Gasteiger partial charge < -0.3 is 10.2 Å². The highest BCUT2D eigenvalue weighted by Crippen LogP contribution is 2.40. The number of carbonyl (C=O) groups excluding carboxylic acids is 2. The van der Waals surface area contributed by atoms with Crippen LogP contribution in [0.3, 0.4) is 0 Å². The van der Waals surface area contributed by atoms with Crippen molar-refractivity contribution in [3.63, 3.8) is 0 Å². The van der Waals surface area contributed by atoms with Crippen molar-refractivity contribution in [3.8, 4) is 10.4 Å². The van der Waals surface area contributed by atoms with Gasteiger partial charge in [0.2, 0.25) is 11.8 Å². The fourth-order valence-corrected chi connectivity index (χ4v) is 5.30. The molecular weight excluding hydrogens is 380 g/mol. The van der Waals surface area contributed by atoms with Gasteiger partial charge in [-0.2, -0.15) is 0 Å². The minimum absolute atomic E-state index is 0.0809. The first-order valence-corrected chi connectivity index (χ1v) is 11.6. The van der Waals surface area contributed by atoms with Crippen LogP contribution in [0, 0.1) is 11.3 Å². The van der Waals surface area contributed by atoms with E-state index in [0.717, 1.165) is 25.7 Å². The molecule has 2 aliphatic rings. The summed E-state index contributed by atoms with van der Waals surface area (Å²) in [4.78, 5) is 29.4. The lowest BCUT2D eigenvalue weighted by atomic mass is 9.78. The summed E-state index contributed by atoms with van der Waals surface area (Å²) in [6, 6.07) is 12.7. The summed E-state index contributed by atoms with van der Waals surface area (Å²) in [5, 5.41) is 5.23. The third kappa shape index (κ3) is 4.11. The first kappa shape index (κ1) is 20.1. The predicted octanol–water partition coefficient (Wildman–Crippen LogP) is 4.50. The maximum atomic E-state index is 13.4. The Morgan fingerprint density at radius 2 is 2.00 bits per heavy atom. The van der Waals surface area contributed by atoms with Gasteiger partial charge in [0, 0.05) is 29.9 Å². The lowest BCUT2D eigenvalue weighted by Gasteiger charge is -2.32. The van der Waals surface area contributed by atoms with Crippen LogP contribution in [0.1, 0.15) is 45.1 Å². The van der Waals surface area contributed by atoms with Gasteiger partial charge in [0.25, 0.3) is 0 Å². The number of hydrogen-bond acceptors (Lipinski definition) is 3. The summed E-state index contributed by atoms with van der Waals surface area (Å²) in [5.74, 6) is 0.511. The van der Waals surface area contributed by atoms with E-state index in [1.807, 2.05) is 24.8 Å². The molecule has 1 aliphatic heterocycles. The summed E-state index contributed by atoms with van der Waals surface area (Å²) >= 11 is 1.72. The van der Waals surface area contributed by atoms with E-state index in [4.69, 9.17) is 0 Å². The standard InChI is InChI=1S/C24H30N2O2S/c1-17(2)25-23(28)24(12-13-26(16-24)22(27)18-8-5-9-18)15-19-7-3-4-10-20(19)21-11-6-14-29-21/h3-4,6-7,10-11,14,17-18H,5,8-9,12-13,15-16H2,1-2H3,(H,25,28). The first-order valence-electron chi connectivity index (χ1n) is 10.7. The third-order valence-electron chi connectivity index (χ3n) is 6.35. The number of thiophene rings is 1. The second-order valence-corrected chi connectivity index (χ2v) is 9.81. The van der Waals surface area contributed by atoms with E-state index in [1.165, 1.54) is 16.0 Å². The number of hydrogen-bond donors (Lipinski definition) is 1. The molecule has 0 spiro atoms. The normalized spacial score (nSPS) is 22.0. The van der Waals surface area contributed by atoms with Crippen molar-refractivity contribution >= 4 is 23.2 Å². The lowest BCUT2D eigenvalue weighted by Crippen LogP contribution is -2.48. The van der Waals surface area contributed by atoms with Gasteiger partial charge in [-0.1, -0.05) is 36.8 Å². The van der Waals surface area contributed by atoms with Crippen molar-refractivity contribution in [3.05, 3.63) is 47.3 Å². The molecule has 4 rings (SSSR count). The van der Waals surface area contributed by atoms with Crippen LogP contribution < -0.4 is 5.32 Å². The number of nitrogens with zero attached hydrogens (tertiary/aromatic N) is 1. The molecule has 5 heteroatoms. The molecule has 2 amide bonds. The first-order chi connectivity index (χ1) is 14.0. The number of carbonyl (C=O) groups is 2. The van der Waals surface area contributed by atoms with Crippen LogP contribution in [0.2, 0.25) is 0 Å². The van der Waals surface area contributed by atoms with E-state index in [9.17, 15) is 9.59 Å². The lowest BCUT2D eigenvalue weighted by molar-refractivity contribution is -0.138. The zero-order chi connectivity index (χ0) is 20.4. The second-order valence-electron chi connectivity index (χ2n) is 8.86. The summed E-state index contributed by atoms with van der Waals surface area (Å²) in [7, 11) is 0. The molecule has 29 heavy (non-hydrogen) atoms. The number of rotatable bonds is 6. The number of benzene rings is 1. The van der Waals surface area contributed by atoms with E-state index in [1.54, 1.807) is 11.3 Å². The maximum absolute atomic E-state index is 13.4. The molecule has 2 fully saturated rings. The Kier molecular flexibility index (Phi) is 5.77. The molecule has 1 atom stereocenters. The average Bonchev–Trinajstić information content (AvgIpc) is 3.31. The van der Waals surface area contributed by atoms with Gasteiger partial charge in [-0.25, -0.2) is 0 Å². The molecule has 1 aromatic heterocycles. The molecule has 1 N–H and O–H groups in total. The molecule has 2 aromatic rings. The average molecular weight is 411 g/mol. The fourth-order valence-electron chi connectivity index (χ4n) is 4.51. The van der Waals surface area contributed by atoms with Crippen LogP contribution >= 0.6 is 11.3 Å². The van der Waals surface area contributed by atoms with Crippen LogP contribution in [-0.2, 0) is 16.0 Å². The highest BCUT2D eigenvalue weighted by Gasteiger charge is 2.47. The van der Waals surface area contributed by atoms with E-state index < -0.39 is 5.41 Å². The van der Waals surface area contributed by atoms with Crippen molar-refractivity contribution in [2.24, 2.45) is 11.3 Å². The Bertz CT molecular complexity index is 873. The summed E-state index contributed by atoms with van der Waals surface area (Å²) < 4.78 is 0. The molecule has 0 bridgehead atoms. The number of nitrogens with one attached hydrogen (secondary N) is 1. The Morgan fingerprint density at radius 3 is 2.66 bits per heavy atom. The van der Waals surface area contributed by atoms with Gasteiger partial charge in [-0.15, -0.1) is 11.3 Å². The van der Waals surface area contributed by atoms with Crippen molar-refractivity contribution in [2.45, 2.75) is 52.0 Å². The third-order valence-corrected chi connectivity index (χ3v) is 7.26. The summed E-state index contributed by atoms with van der Waals surface area (Å²) in [6.45, 7) is 5.20. The minimum Gasteiger partial charge on any atom is -0.353 e. The van der Waals surface area contributed by atoms with Gasteiger partial charge in [0.15, 0.2) is 0 Å². The number of likely N-dealkylation sites (tertiary alicyclic amines) is 1. The van der Waals surface area contributed by atoms with E-state index in [-0.39, 0.29) is 23.8 Å². The monoisotopic (exact) mass is 410 g/mol. The zero-order valence-corrected chi connectivity index (χ0v) is 18.1. The summed E-state index contributed by atoms with van der Waals surface area (Å²) in [6.07, 6.45) is 4.54.